The number of rotatable bonds is 2. The molecule has 2 aromatic heterocycles. The van der Waals surface area contributed by atoms with Gasteiger partial charge in [0.1, 0.15) is 10.8 Å². The number of carbonyl (C=O) groups is 1. The van der Waals surface area contributed by atoms with E-state index in [0.717, 1.165) is 29.8 Å². The van der Waals surface area contributed by atoms with Crippen molar-refractivity contribution in [2.75, 3.05) is 24.5 Å². The van der Waals surface area contributed by atoms with Crippen LogP contribution in [0.15, 0.2) is 12.3 Å². The molecule has 2 aliphatic rings. The topological polar surface area (TPSA) is 63.5 Å². The number of aromatic nitrogens is 3. The second kappa shape index (κ2) is 6.63. The summed E-state index contributed by atoms with van der Waals surface area (Å²) in [6.07, 6.45) is 2.04. The van der Waals surface area contributed by atoms with Crippen LogP contribution in [0.1, 0.15) is 20.8 Å². The Bertz CT molecular complexity index is 870. The second-order valence-corrected chi connectivity index (χ2v) is 10.1. The molecule has 7 nitrogen and oxygen atoms in total. The molecule has 3 unspecified atom stereocenters. The summed E-state index contributed by atoms with van der Waals surface area (Å²) in [5.41, 5.74) is 0.526. The van der Waals surface area contributed by atoms with Crippen LogP contribution >= 0.6 is 40.0 Å². The van der Waals surface area contributed by atoms with Crippen LogP contribution in [0.2, 0.25) is 5.15 Å². The minimum absolute atomic E-state index is 0.232. The third kappa shape index (κ3) is 3.24. The van der Waals surface area contributed by atoms with Crippen LogP contribution in [0.4, 0.5) is 10.6 Å². The second-order valence-electron chi connectivity index (χ2n) is 7.71. The number of carbonyl (C=O) groups excluding carboxylic acids is 1. The summed E-state index contributed by atoms with van der Waals surface area (Å²) < 4.78 is 7.48. The van der Waals surface area contributed by atoms with E-state index in [0.29, 0.717) is 24.0 Å². The maximum atomic E-state index is 12.4. The summed E-state index contributed by atoms with van der Waals surface area (Å²) in [5.74, 6) is 1.39. The minimum atomic E-state index is -0.473. The van der Waals surface area contributed by atoms with Gasteiger partial charge >= 0.3 is 6.09 Å². The number of likely N-dealkylation sites (tertiary alicyclic amines) is 1. The fourth-order valence-electron chi connectivity index (χ4n) is 3.60. The van der Waals surface area contributed by atoms with Crippen molar-refractivity contribution >= 4 is 62.8 Å². The largest absolute Gasteiger partial charge is 0.444 e. The standard InChI is InChI=1S/C16H20ClIN5O2P/c1-16(2,3)25-15(24)21-6-9-7-22(12(9)8-21)14-10-5-19-13(17)4-11(10)23(20-14)26-18/h4-5,9,12,26H,6-8H2,1-3H3. The maximum Gasteiger partial charge on any atom is 0.410 e. The Balaban J connectivity index is 1.55. The molecular formula is C16H20ClIN5O2P. The molecule has 0 aliphatic carbocycles. The molecule has 0 bridgehead atoms. The average Bonchev–Trinajstić information content (AvgIpc) is 3.05. The van der Waals surface area contributed by atoms with Crippen molar-refractivity contribution in [1.29, 1.82) is 0 Å². The fourth-order valence-corrected chi connectivity index (χ4v) is 5.27. The van der Waals surface area contributed by atoms with Crippen molar-refractivity contribution in [2.24, 2.45) is 5.92 Å². The Hall–Kier alpha value is -0.860. The Morgan fingerprint density at radius 2 is 2.15 bits per heavy atom. The average molecular weight is 508 g/mol. The van der Waals surface area contributed by atoms with Gasteiger partial charge in [-0.1, -0.05) is 11.6 Å². The zero-order valence-electron chi connectivity index (χ0n) is 14.7. The lowest BCUT2D eigenvalue weighted by molar-refractivity contribution is 0.0291. The molecule has 10 heteroatoms. The van der Waals surface area contributed by atoms with Gasteiger partial charge in [0.2, 0.25) is 0 Å². The summed E-state index contributed by atoms with van der Waals surface area (Å²) in [6.45, 7) is 7.98. The van der Waals surface area contributed by atoms with E-state index >= 15 is 0 Å². The first kappa shape index (κ1) is 18.5. The van der Waals surface area contributed by atoms with Crippen molar-refractivity contribution in [3.8, 4) is 0 Å². The van der Waals surface area contributed by atoms with Crippen LogP contribution in [0.5, 0.6) is 0 Å². The van der Waals surface area contributed by atoms with Gasteiger partial charge < -0.3 is 14.5 Å². The number of hydrogen-bond acceptors (Lipinski definition) is 5. The van der Waals surface area contributed by atoms with Crippen molar-refractivity contribution in [1.82, 2.24) is 19.4 Å². The van der Waals surface area contributed by atoms with E-state index in [4.69, 9.17) is 21.4 Å². The molecule has 0 spiro atoms. The number of hydrogen-bond donors (Lipinski definition) is 0. The molecule has 4 heterocycles. The number of halogens is 2. The smallest absolute Gasteiger partial charge is 0.410 e. The summed E-state index contributed by atoms with van der Waals surface area (Å²) in [6, 6.07) is 2.14. The molecule has 140 valence electrons. The van der Waals surface area contributed by atoms with Gasteiger partial charge in [-0.25, -0.2) is 14.2 Å². The number of fused-ring (bicyclic) bond motifs is 2. The van der Waals surface area contributed by atoms with Gasteiger partial charge in [-0.2, -0.15) is 0 Å². The van der Waals surface area contributed by atoms with Crippen LogP contribution in [0.3, 0.4) is 0 Å². The van der Waals surface area contributed by atoms with Crippen LogP contribution in [-0.4, -0.2) is 56.8 Å². The monoisotopic (exact) mass is 507 g/mol. The molecule has 26 heavy (non-hydrogen) atoms. The van der Waals surface area contributed by atoms with Gasteiger partial charge in [0.15, 0.2) is 5.82 Å². The van der Waals surface area contributed by atoms with E-state index in [1.54, 1.807) is 6.20 Å². The van der Waals surface area contributed by atoms with Crippen LogP contribution < -0.4 is 4.90 Å². The van der Waals surface area contributed by atoms with Crippen LogP contribution in [0.25, 0.3) is 10.9 Å². The first-order valence-corrected chi connectivity index (χ1v) is 12.9. The molecule has 2 aliphatic heterocycles. The normalized spacial score (nSPS) is 23.0. The third-order valence-corrected chi connectivity index (χ3v) is 6.83. The van der Waals surface area contributed by atoms with Gasteiger partial charge in [0, 0.05) is 37.8 Å². The van der Waals surface area contributed by atoms with Crippen molar-refractivity contribution in [3.63, 3.8) is 0 Å². The fraction of sp³-hybridized carbons (Fsp3) is 0.562. The van der Waals surface area contributed by atoms with E-state index in [1.165, 1.54) is 0 Å². The summed E-state index contributed by atoms with van der Waals surface area (Å²) in [5, 5.41) is 6.25. The quantitative estimate of drug-likeness (QED) is 0.350. The molecule has 2 aromatic rings. The van der Waals surface area contributed by atoms with Crippen LogP contribution in [0, 0.1) is 5.92 Å². The van der Waals surface area contributed by atoms with Crippen LogP contribution in [-0.2, 0) is 4.74 Å². The van der Waals surface area contributed by atoms with E-state index in [1.807, 2.05) is 36.2 Å². The number of nitrogens with zero attached hydrogens (tertiary/aromatic N) is 5. The lowest BCUT2D eigenvalue weighted by Crippen LogP contribution is -2.56. The molecule has 0 N–H and O–H groups in total. The molecule has 0 radical (unpaired) electrons. The molecule has 0 saturated carbocycles. The summed E-state index contributed by atoms with van der Waals surface area (Å²) in [7, 11) is 0. The van der Waals surface area contributed by atoms with E-state index in [-0.39, 0.29) is 12.1 Å². The zero-order valence-corrected chi connectivity index (χ0v) is 18.7. The number of pyridine rings is 1. The van der Waals surface area contributed by atoms with Gasteiger partial charge in [0.25, 0.3) is 0 Å². The zero-order chi connectivity index (χ0) is 18.6. The van der Waals surface area contributed by atoms with Crippen molar-refractivity contribution in [3.05, 3.63) is 17.4 Å². The van der Waals surface area contributed by atoms with Gasteiger partial charge in [-0.15, -0.1) is 5.10 Å². The first-order chi connectivity index (χ1) is 12.3. The Morgan fingerprint density at radius 1 is 1.38 bits per heavy atom. The predicted molar refractivity (Wildman–Crippen MR) is 113 cm³/mol. The van der Waals surface area contributed by atoms with Gasteiger partial charge in [-0.05, 0) is 42.8 Å². The molecule has 0 aromatic carbocycles. The SMILES string of the molecule is CC(C)(C)OC(=O)N1CC2CN(c3nn(PI)c4cc(Cl)ncc34)C2C1. The number of anilines is 1. The van der Waals surface area contributed by atoms with E-state index < -0.39 is 5.60 Å². The van der Waals surface area contributed by atoms with Crippen molar-refractivity contribution < 1.29 is 9.53 Å². The summed E-state index contributed by atoms with van der Waals surface area (Å²) >= 11 is 8.37. The Morgan fingerprint density at radius 3 is 2.85 bits per heavy atom. The molecule has 2 saturated heterocycles. The number of amides is 1. The first-order valence-electron chi connectivity index (χ1n) is 8.42. The number of ether oxygens (including phenoxy) is 1. The molecule has 3 atom stereocenters. The van der Waals surface area contributed by atoms with Crippen molar-refractivity contribution in [2.45, 2.75) is 32.4 Å². The lowest BCUT2D eigenvalue weighted by atomic mass is 9.92. The molecule has 4 rings (SSSR count). The summed E-state index contributed by atoms with van der Waals surface area (Å²) in [4.78, 5) is 20.7. The maximum absolute atomic E-state index is 12.4. The Labute approximate surface area is 171 Å². The van der Waals surface area contributed by atoms with Gasteiger partial charge in [0.05, 0.1) is 23.3 Å². The highest BCUT2D eigenvalue weighted by atomic mass is 127. The molecule has 2 fully saturated rings. The molecular weight excluding hydrogens is 488 g/mol. The minimum Gasteiger partial charge on any atom is -0.444 e. The highest BCUT2D eigenvalue weighted by Gasteiger charge is 2.49. The van der Waals surface area contributed by atoms with E-state index in [2.05, 4.69) is 31.9 Å². The van der Waals surface area contributed by atoms with E-state index in [9.17, 15) is 4.79 Å². The third-order valence-electron chi connectivity index (χ3n) is 4.75. The van der Waals surface area contributed by atoms with Gasteiger partial charge in [-0.3, -0.25) is 0 Å². The predicted octanol–water partition coefficient (Wildman–Crippen LogP) is 3.93. The highest BCUT2D eigenvalue weighted by molar-refractivity contribution is 14.2. The molecule has 1 amide bonds. The highest BCUT2D eigenvalue weighted by Crippen LogP contribution is 2.41. The lowest BCUT2D eigenvalue weighted by Gasteiger charge is -2.43. The Kier molecular flexibility index (Phi) is 4.72.